The van der Waals surface area contributed by atoms with Crippen molar-refractivity contribution in [3.63, 3.8) is 0 Å². The maximum atomic E-state index is 13.6. The number of anilines is 2. The third-order valence-corrected chi connectivity index (χ3v) is 6.65. The number of nitrogens with zero attached hydrogens (tertiary/aromatic N) is 2. The van der Waals surface area contributed by atoms with Crippen LogP contribution in [0.1, 0.15) is 22.0 Å². The van der Waals surface area contributed by atoms with Crippen LogP contribution in [0.15, 0.2) is 109 Å². The van der Waals surface area contributed by atoms with Gasteiger partial charge in [0, 0.05) is 0 Å². The van der Waals surface area contributed by atoms with E-state index < -0.39 is 41.7 Å². The molecule has 0 aromatic heterocycles. The number of halogens is 1. The van der Waals surface area contributed by atoms with E-state index in [-0.39, 0.29) is 5.69 Å². The summed E-state index contributed by atoms with van der Waals surface area (Å²) in [5.41, 5.74) is 2.09. The molecule has 3 atom stereocenters. The number of carbonyl (C=O) groups is 3. The molecule has 2 fully saturated rings. The topological polar surface area (TPSA) is 76.2 Å². The number of ether oxygens (including phenoxy) is 1. The third-order valence-electron chi connectivity index (χ3n) is 6.65. The first kappa shape index (κ1) is 23.6. The summed E-state index contributed by atoms with van der Waals surface area (Å²) in [5, 5.41) is 1.58. The standard InChI is InChI=1S/C30H21FN2O5/c31-21-13-15-22(16-14-21)32-28(34)25-26(33(38-27(25)29(32)35)23-9-5-2-6-10-23)19-11-17-24(18-12-19)37-30(36)20-7-3-1-4-8-20/h1-18,25-27H/t25-,26+,27+/m0/s1. The Labute approximate surface area is 217 Å². The Balaban J connectivity index is 1.32. The number of rotatable bonds is 5. The van der Waals surface area contributed by atoms with Crippen molar-refractivity contribution in [2.75, 3.05) is 9.96 Å². The fraction of sp³-hybridized carbons (Fsp3) is 0.100. The van der Waals surface area contributed by atoms with Gasteiger partial charge >= 0.3 is 5.97 Å². The number of hydroxylamine groups is 1. The monoisotopic (exact) mass is 508 g/mol. The van der Waals surface area contributed by atoms with Gasteiger partial charge in [-0.15, -0.1) is 0 Å². The average Bonchev–Trinajstić information content (AvgIpc) is 3.46. The maximum Gasteiger partial charge on any atom is 0.343 e. The van der Waals surface area contributed by atoms with Crippen molar-refractivity contribution >= 4 is 29.2 Å². The van der Waals surface area contributed by atoms with Crippen LogP contribution in [0.25, 0.3) is 0 Å². The average molecular weight is 509 g/mol. The van der Waals surface area contributed by atoms with Crippen LogP contribution < -0.4 is 14.7 Å². The van der Waals surface area contributed by atoms with Crippen molar-refractivity contribution in [3.05, 3.63) is 126 Å². The van der Waals surface area contributed by atoms with E-state index in [0.29, 0.717) is 22.6 Å². The van der Waals surface area contributed by atoms with Gasteiger partial charge in [-0.1, -0.05) is 48.5 Å². The van der Waals surface area contributed by atoms with Crippen molar-refractivity contribution in [1.82, 2.24) is 0 Å². The molecule has 2 saturated heterocycles. The lowest BCUT2D eigenvalue weighted by Crippen LogP contribution is -2.37. The minimum absolute atomic E-state index is 0.285. The molecule has 0 spiro atoms. The van der Waals surface area contributed by atoms with Gasteiger partial charge in [0.1, 0.15) is 17.5 Å². The Morgan fingerprint density at radius 1 is 0.737 bits per heavy atom. The van der Waals surface area contributed by atoms with E-state index in [1.54, 1.807) is 53.6 Å². The van der Waals surface area contributed by atoms with Gasteiger partial charge in [-0.05, 0) is 66.2 Å². The summed E-state index contributed by atoms with van der Waals surface area (Å²) in [6.45, 7) is 0. The van der Waals surface area contributed by atoms with Gasteiger partial charge in [0.25, 0.3) is 5.91 Å². The van der Waals surface area contributed by atoms with Gasteiger partial charge in [-0.2, -0.15) is 0 Å². The number of esters is 1. The number of hydrogen-bond acceptors (Lipinski definition) is 6. The van der Waals surface area contributed by atoms with E-state index in [9.17, 15) is 18.8 Å². The van der Waals surface area contributed by atoms with Crippen LogP contribution in [0, 0.1) is 11.7 Å². The number of para-hydroxylation sites is 1. The fourth-order valence-electron chi connectivity index (χ4n) is 4.87. The van der Waals surface area contributed by atoms with Crippen LogP contribution in [-0.2, 0) is 14.4 Å². The molecule has 2 heterocycles. The Bertz CT molecular complexity index is 1490. The van der Waals surface area contributed by atoms with Gasteiger partial charge in [0.15, 0.2) is 6.10 Å². The van der Waals surface area contributed by atoms with Crippen molar-refractivity contribution in [3.8, 4) is 5.75 Å². The molecule has 8 heteroatoms. The Hall–Kier alpha value is -4.82. The summed E-state index contributed by atoms with van der Waals surface area (Å²) in [7, 11) is 0. The number of hydrogen-bond donors (Lipinski definition) is 0. The molecule has 188 valence electrons. The number of fused-ring (bicyclic) bond motifs is 1. The van der Waals surface area contributed by atoms with E-state index in [0.717, 1.165) is 4.90 Å². The molecule has 38 heavy (non-hydrogen) atoms. The highest BCUT2D eigenvalue weighted by Crippen LogP contribution is 2.47. The lowest BCUT2D eigenvalue weighted by molar-refractivity contribution is -0.126. The summed E-state index contributed by atoms with van der Waals surface area (Å²) in [6.07, 6.45) is -1.05. The first-order valence-corrected chi connectivity index (χ1v) is 12.0. The first-order chi connectivity index (χ1) is 18.5. The molecule has 4 aromatic carbocycles. The Morgan fingerprint density at radius 2 is 1.37 bits per heavy atom. The molecular weight excluding hydrogens is 487 g/mol. The minimum atomic E-state index is -1.05. The molecular formula is C30H21FN2O5. The number of amides is 2. The van der Waals surface area contributed by atoms with Crippen LogP contribution in [0.5, 0.6) is 5.75 Å². The smallest absolute Gasteiger partial charge is 0.343 e. The first-order valence-electron chi connectivity index (χ1n) is 12.0. The normalized spacial score (nSPS) is 20.5. The molecule has 0 radical (unpaired) electrons. The van der Waals surface area contributed by atoms with E-state index >= 15 is 0 Å². The maximum absolute atomic E-state index is 13.6. The van der Waals surface area contributed by atoms with Crippen molar-refractivity contribution < 1.29 is 28.3 Å². The predicted molar refractivity (Wildman–Crippen MR) is 137 cm³/mol. The SMILES string of the molecule is O=C(Oc1ccc([C@@H]2[C@@H]3C(=O)N(c4ccc(F)cc4)C(=O)[C@@H]3ON2c2ccccc2)cc1)c1ccccc1. The highest BCUT2D eigenvalue weighted by molar-refractivity contribution is 6.23. The summed E-state index contributed by atoms with van der Waals surface area (Å²) in [6, 6.07) is 29.2. The Morgan fingerprint density at radius 3 is 2.03 bits per heavy atom. The van der Waals surface area contributed by atoms with Gasteiger partial charge in [0.2, 0.25) is 5.91 Å². The quantitative estimate of drug-likeness (QED) is 0.212. The zero-order valence-corrected chi connectivity index (χ0v) is 19.9. The largest absolute Gasteiger partial charge is 0.423 e. The van der Waals surface area contributed by atoms with Crippen LogP contribution in [0.4, 0.5) is 15.8 Å². The molecule has 4 aromatic rings. The van der Waals surface area contributed by atoms with Crippen LogP contribution in [0.2, 0.25) is 0 Å². The lowest BCUT2D eigenvalue weighted by atomic mass is 9.90. The van der Waals surface area contributed by atoms with Crippen molar-refractivity contribution in [1.29, 1.82) is 0 Å². The number of imide groups is 1. The van der Waals surface area contributed by atoms with Gasteiger partial charge in [-0.25, -0.2) is 19.1 Å². The molecule has 2 amide bonds. The molecule has 2 aliphatic rings. The fourth-order valence-corrected chi connectivity index (χ4v) is 4.87. The van der Waals surface area contributed by atoms with Crippen LogP contribution in [-0.4, -0.2) is 23.9 Å². The summed E-state index contributed by atoms with van der Waals surface area (Å²) >= 11 is 0. The Kier molecular flexibility index (Phi) is 5.94. The molecule has 0 unspecified atom stereocenters. The summed E-state index contributed by atoms with van der Waals surface area (Å²) in [4.78, 5) is 46.6. The van der Waals surface area contributed by atoms with Crippen molar-refractivity contribution in [2.24, 2.45) is 5.92 Å². The molecule has 0 N–H and O–H groups in total. The zero-order valence-electron chi connectivity index (χ0n) is 19.9. The highest BCUT2D eigenvalue weighted by Gasteiger charge is 2.60. The van der Waals surface area contributed by atoms with E-state index in [2.05, 4.69) is 0 Å². The van der Waals surface area contributed by atoms with Gasteiger partial charge in [0.05, 0.1) is 23.0 Å². The second-order valence-corrected chi connectivity index (χ2v) is 8.97. The minimum Gasteiger partial charge on any atom is -0.423 e. The van der Waals surface area contributed by atoms with Crippen LogP contribution >= 0.6 is 0 Å². The summed E-state index contributed by atoms with van der Waals surface area (Å²) < 4.78 is 19.0. The molecule has 2 aliphatic heterocycles. The number of benzene rings is 4. The molecule has 0 saturated carbocycles. The van der Waals surface area contributed by atoms with Crippen molar-refractivity contribution in [2.45, 2.75) is 12.1 Å². The van der Waals surface area contributed by atoms with E-state index in [1.807, 2.05) is 36.4 Å². The second kappa shape index (κ2) is 9.57. The van der Waals surface area contributed by atoms with Gasteiger partial charge < -0.3 is 4.74 Å². The molecule has 6 rings (SSSR count). The van der Waals surface area contributed by atoms with Gasteiger partial charge in [-0.3, -0.25) is 14.4 Å². The lowest BCUT2D eigenvalue weighted by Gasteiger charge is -2.28. The zero-order chi connectivity index (χ0) is 26.2. The third kappa shape index (κ3) is 4.10. The predicted octanol–water partition coefficient (Wildman–Crippen LogP) is 5.10. The number of carbonyl (C=O) groups excluding carboxylic acids is 3. The molecule has 0 bridgehead atoms. The van der Waals surface area contributed by atoms with E-state index in [4.69, 9.17) is 9.57 Å². The van der Waals surface area contributed by atoms with E-state index in [1.165, 1.54) is 24.3 Å². The summed E-state index contributed by atoms with van der Waals surface area (Å²) in [5.74, 6) is -2.40. The second-order valence-electron chi connectivity index (χ2n) is 8.97. The molecule has 7 nitrogen and oxygen atoms in total. The molecule has 0 aliphatic carbocycles. The highest BCUT2D eigenvalue weighted by atomic mass is 19.1. The van der Waals surface area contributed by atoms with Crippen LogP contribution in [0.3, 0.4) is 0 Å².